The SMILES string of the molecule is CCCOCC(N)c1noc(-c2ccc(F)cc2C)n1. The van der Waals surface area contributed by atoms with E-state index >= 15 is 0 Å². The lowest BCUT2D eigenvalue weighted by Crippen LogP contribution is -2.18. The molecule has 0 aliphatic heterocycles. The predicted molar refractivity (Wildman–Crippen MR) is 72.5 cm³/mol. The topological polar surface area (TPSA) is 74.2 Å². The summed E-state index contributed by atoms with van der Waals surface area (Å²) < 4.78 is 23.6. The molecule has 5 nitrogen and oxygen atoms in total. The molecule has 0 amide bonds. The lowest BCUT2D eigenvalue weighted by atomic mass is 10.1. The van der Waals surface area contributed by atoms with E-state index in [4.69, 9.17) is 15.0 Å². The molecular weight excluding hydrogens is 261 g/mol. The molecule has 0 radical (unpaired) electrons. The van der Waals surface area contributed by atoms with Crippen molar-refractivity contribution in [3.8, 4) is 11.5 Å². The normalized spacial score (nSPS) is 12.6. The second-order valence-electron chi connectivity index (χ2n) is 4.60. The van der Waals surface area contributed by atoms with E-state index in [1.54, 1.807) is 13.0 Å². The first-order valence-corrected chi connectivity index (χ1v) is 6.55. The average molecular weight is 279 g/mol. The Balaban J connectivity index is 2.12. The molecule has 0 spiro atoms. The molecule has 1 unspecified atom stereocenters. The summed E-state index contributed by atoms with van der Waals surface area (Å²) in [5, 5.41) is 3.85. The average Bonchev–Trinajstić information content (AvgIpc) is 2.88. The highest BCUT2D eigenvalue weighted by molar-refractivity contribution is 5.57. The van der Waals surface area contributed by atoms with Gasteiger partial charge in [0.05, 0.1) is 12.6 Å². The molecule has 1 aromatic heterocycles. The zero-order chi connectivity index (χ0) is 14.5. The molecule has 108 valence electrons. The van der Waals surface area contributed by atoms with Crippen molar-refractivity contribution >= 4 is 0 Å². The van der Waals surface area contributed by atoms with Gasteiger partial charge in [-0.2, -0.15) is 4.98 Å². The Hall–Kier alpha value is -1.79. The van der Waals surface area contributed by atoms with Crippen LogP contribution in [0.4, 0.5) is 4.39 Å². The molecule has 0 saturated heterocycles. The van der Waals surface area contributed by atoms with Crippen LogP contribution >= 0.6 is 0 Å². The molecule has 2 N–H and O–H groups in total. The molecule has 2 rings (SSSR count). The fourth-order valence-corrected chi connectivity index (χ4v) is 1.79. The van der Waals surface area contributed by atoms with E-state index in [1.807, 2.05) is 6.92 Å². The standard InChI is InChI=1S/C14H18FN3O2/c1-3-6-19-8-12(16)13-17-14(20-18-13)11-5-4-10(15)7-9(11)2/h4-5,7,12H,3,6,8,16H2,1-2H3. The minimum Gasteiger partial charge on any atom is -0.379 e. The molecule has 0 aliphatic rings. The largest absolute Gasteiger partial charge is 0.379 e. The van der Waals surface area contributed by atoms with Crippen LogP contribution in [0.5, 0.6) is 0 Å². The van der Waals surface area contributed by atoms with Gasteiger partial charge in [0.2, 0.25) is 0 Å². The van der Waals surface area contributed by atoms with Crippen LogP contribution in [-0.2, 0) is 4.74 Å². The van der Waals surface area contributed by atoms with Crippen LogP contribution in [0.25, 0.3) is 11.5 Å². The molecule has 1 heterocycles. The van der Waals surface area contributed by atoms with E-state index < -0.39 is 6.04 Å². The summed E-state index contributed by atoms with van der Waals surface area (Å²) in [4.78, 5) is 4.24. The Morgan fingerprint density at radius 1 is 1.45 bits per heavy atom. The van der Waals surface area contributed by atoms with Gasteiger partial charge in [0.15, 0.2) is 5.82 Å². The minimum absolute atomic E-state index is 0.296. The molecule has 6 heteroatoms. The van der Waals surface area contributed by atoms with Gasteiger partial charge in [-0.15, -0.1) is 0 Å². The van der Waals surface area contributed by atoms with Gasteiger partial charge in [0.25, 0.3) is 5.89 Å². The van der Waals surface area contributed by atoms with Gasteiger partial charge in [0.1, 0.15) is 5.82 Å². The van der Waals surface area contributed by atoms with E-state index in [0.717, 1.165) is 12.0 Å². The molecule has 0 saturated carbocycles. The summed E-state index contributed by atoms with van der Waals surface area (Å²) >= 11 is 0. The van der Waals surface area contributed by atoms with Gasteiger partial charge in [0, 0.05) is 12.2 Å². The molecule has 0 fully saturated rings. The number of hydrogen-bond acceptors (Lipinski definition) is 5. The molecular formula is C14H18FN3O2. The van der Waals surface area contributed by atoms with E-state index in [0.29, 0.717) is 30.5 Å². The number of aryl methyl sites for hydroxylation is 1. The third kappa shape index (κ3) is 3.40. The van der Waals surface area contributed by atoms with Crippen molar-refractivity contribution in [3.05, 3.63) is 35.4 Å². The minimum atomic E-state index is -0.431. The monoisotopic (exact) mass is 279 g/mol. The van der Waals surface area contributed by atoms with Crippen LogP contribution in [0.3, 0.4) is 0 Å². The lowest BCUT2D eigenvalue weighted by Gasteiger charge is -2.06. The van der Waals surface area contributed by atoms with Crippen LogP contribution in [0.1, 0.15) is 30.8 Å². The summed E-state index contributed by atoms with van der Waals surface area (Å²) in [6.45, 7) is 4.80. The maximum absolute atomic E-state index is 13.1. The van der Waals surface area contributed by atoms with Gasteiger partial charge in [-0.3, -0.25) is 0 Å². The Morgan fingerprint density at radius 3 is 2.95 bits per heavy atom. The number of benzene rings is 1. The number of hydrogen-bond donors (Lipinski definition) is 1. The van der Waals surface area contributed by atoms with Gasteiger partial charge in [-0.05, 0) is 37.1 Å². The molecule has 1 atom stereocenters. The summed E-state index contributed by atoms with van der Waals surface area (Å²) in [6, 6.07) is 3.96. The zero-order valence-electron chi connectivity index (χ0n) is 11.6. The summed E-state index contributed by atoms with van der Waals surface area (Å²) in [7, 11) is 0. The second-order valence-corrected chi connectivity index (χ2v) is 4.60. The maximum Gasteiger partial charge on any atom is 0.258 e. The van der Waals surface area contributed by atoms with Gasteiger partial charge in [-0.1, -0.05) is 12.1 Å². The molecule has 2 aromatic rings. The highest BCUT2D eigenvalue weighted by Gasteiger charge is 2.16. The Labute approximate surface area is 116 Å². The van der Waals surface area contributed by atoms with Gasteiger partial charge >= 0.3 is 0 Å². The Kier molecular flexibility index (Phi) is 4.81. The van der Waals surface area contributed by atoms with Crippen molar-refractivity contribution in [1.82, 2.24) is 10.1 Å². The van der Waals surface area contributed by atoms with E-state index in [9.17, 15) is 4.39 Å². The van der Waals surface area contributed by atoms with Crippen LogP contribution < -0.4 is 5.73 Å². The predicted octanol–water partition coefficient (Wildman–Crippen LogP) is 2.61. The first kappa shape index (κ1) is 14.6. The number of aromatic nitrogens is 2. The van der Waals surface area contributed by atoms with Crippen molar-refractivity contribution in [2.75, 3.05) is 13.2 Å². The third-order valence-electron chi connectivity index (χ3n) is 2.84. The molecule has 1 aromatic carbocycles. The number of ether oxygens (including phenoxy) is 1. The Bertz CT molecular complexity index is 571. The van der Waals surface area contributed by atoms with E-state index in [1.165, 1.54) is 12.1 Å². The second kappa shape index (κ2) is 6.58. The zero-order valence-corrected chi connectivity index (χ0v) is 11.6. The van der Waals surface area contributed by atoms with Gasteiger partial charge in [-0.25, -0.2) is 4.39 Å². The molecule has 0 bridgehead atoms. The number of rotatable bonds is 6. The highest BCUT2D eigenvalue weighted by atomic mass is 19.1. The summed E-state index contributed by atoms with van der Waals surface area (Å²) in [5.41, 5.74) is 7.35. The van der Waals surface area contributed by atoms with Crippen LogP contribution in [-0.4, -0.2) is 23.4 Å². The number of nitrogens with two attached hydrogens (primary N) is 1. The quantitative estimate of drug-likeness (QED) is 0.823. The van der Waals surface area contributed by atoms with E-state index in [2.05, 4.69) is 10.1 Å². The fraction of sp³-hybridized carbons (Fsp3) is 0.429. The number of nitrogens with zero attached hydrogens (tertiary/aromatic N) is 2. The van der Waals surface area contributed by atoms with Crippen LogP contribution in [0.15, 0.2) is 22.7 Å². The molecule has 0 aliphatic carbocycles. The lowest BCUT2D eigenvalue weighted by molar-refractivity contribution is 0.119. The summed E-state index contributed by atoms with van der Waals surface area (Å²) in [5.74, 6) is 0.430. The van der Waals surface area contributed by atoms with Gasteiger partial charge < -0.3 is 15.0 Å². The maximum atomic E-state index is 13.1. The van der Waals surface area contributed by atoms with Crippen molar-refractivity contribution < 1.29 is 13.7 Å². The molecule has 20 heavy (non-hydrogen) atoms. The fourth-order valence-electron chi connectivity index (χ4n) is 1.79. The first-order valence-electron chi connectivity index (χ1n) is 6.55. The number of halogens is 1. The first-order chi connectivity index (χ1) is 9.61. The summed E-state index contributed by atoms with van der Waals surface area (Å²) in [6.07, 6.45) is 0.930. The van der Waals surface area contributed by atoms with Crippen molar-refractivity contribution in [3.63, 3.8) is 0 Å². The van der Waals surface area contributed by atoms with Crippen LogP contribution in [0.2, 0.25) is 0 Å². The smallest absolute Gasteiger partial charge is 0.258 e. The third-order valence-corrected chi connectivity index (χ3v) is 2.84. The van der Waals surface area contributed by atoms with Crippen molar-refractivity contribution in [2.45, 2.75) is 26.3 Å². The highest BCUT2D eigenvalue weighted by Crippen LogP contribution is 2.23. The van der Waals surface area contributed by atoms with Crippen LogP contribution in [0, 0.1) is 12.7 Å². The van der Waals surface area contributed by atoms with E-state index in [-0.39, 0.29) is 5.82 Å². The van der Waals surface area contributed by atoms with Crippen molar-refractivity contribution in [1.29, 1.82) is 0 Å². The van der Waals surface area contributed by atoms with Crippen molar-refractivity contribution in [2.24, 2.45) is 5.73 Å². The Morgan fingerprint density at radius 2 is 2.25 bits per heavy atom.